The maximum atomic E-state index is 12.8. The summed E-state index contributed by atoms with van der Waals surface area (Å²) in [6, 6.07) is 1.79. The third kappa shape index (κ3) is 3.42. The van der Waals surface area contributed by atoms with Gasteiger partial charge < -0.3 is 19.6 Å². The molecule has 158 valence electrons. The number of aromatic nitrogens is 3. The predicted molar refractivity (Wildman–Crippen MR) is 108 cm³/mol. The van der Waals surface area contributed by atoms with Gasteiger partial charge in [0.25, 0.3) is 5.91 Å². The van der Waals surface area contributed by atoms with Gasteiger partial charge in [0.2, 0.25) is 5.91 Å². The molecule has 2 fully saturated rings. The van der Waals surface area contributed by atoms with Crippen LogP contribution in [0.3, 0.4) is 0 Å². The molecule has 2 aromatic heterocycles. The van der Waals surface area contributed by atoms with E-state index in [1.54, 1.807) is 13.0 Å². The van der Waals surface area contributed by atoms with E-state index in [9.17, 15) is 9.59 Å². The van der Waals surface area contributed by atoms with Crippen LogP contribution in [0.2, 0.25) is 0 Å². The van der Waals surface area contributed by atoms with Crippen molar-refractivity contribution in [2.24, 2.45) is 0 Å². The van der Waals surface area contributed by atoms with Crippen molar-refractivity contribution in [1.29, 1.82) is 0 Å². The minimum Gasteiger partial charge on any atom is -0.373 e. The number of nitrogens with zero attached hydrogens (tertiary/aromatic N) is 5. The van der Waals surface area contributed by atoms with Gasteiger partial charge in [-0.2, -0.15) is 0 Å². The normalized spacial score (nSPS) is 20.9. The summed E-state index contributed by atoms with van der Waals surface area (Å²) in [7, 11) is 1.84. The Morgan fingerprint density at radius 3 is 2.70 bits per heavy atom. The van der Waals surface area contributed by atoms with E-state index in [4.69, 9.17) is 14.5 Å². The fourth-order valence-corrected chi connectivity index (χ4v) is 4.36. The Hall–Kier alpha value is -2.97. The van der Waals surface area contributed by atoms with Crippen molar-refractivity contribution in [1.82, 2.24) is 24.9 Å². The lowest BCUT2D eigenvalue weighted by atomic mass is 10.0. The second-order valence-corrected chi connectivity index (χ2v) is 8.42. The highest BCUT2D eigenvalue weighted by atomic mass is 16.5. The Balaban J connectivity index is 1.32. The van der Waals surface area contributed by atoms with Gasteiger partial charge in [0, 0.05) is 63.5 Å². The summed E-state index contributed by atoms with van der Waals surface area (Å²) < 4.78 is 5.34. The van der Waals surface area contributed by atoms with Gasteiger partial charge in [-0.15, -0.1) is 0 Å². The highest BCUT2D eigenvalue weighted by molar-refractivity contribution is 5.92. The molecule has 3 aliphatic rings. The molecule has 1 atom stereocenters. The van der Waals surface area contributed by atoms with Gasteiger partial charge in [0.05, 0.1) is 12.2 Å². The summed E-state index contributed by atoms with van der Waals surface area (Å²) in [4.78, 5) is 37.8. The number of hydrogen-bond acceptors (Lipinski definition) is 7. The highest BCUT2D eigenvalue weighted by Gasteiger charge is 2.34. The summed E-state index contributed by atoms with van der Waals surface area (Å²) in [5.74, 6) is 2.87. The van der Waals surface area contributed by atoms with Gasteiger partial charge in [-0.3, -0.25) is 9.59 Å². The lowest BCUT2D eigenvalue weighted by Gasteiger charge is -2.29. The van der Waals surface area contributed by atoms with E-state index in [1.807, 2.05) is 16.8 Å². The Labute approximate surface area is 174 Å². The van der Waals surface area contributed by atoms with E-state index in [1.165, 1.54) is 0 Å². The van der Waals surface area contributed by atoms with Crippen molar-refractivity contribution in [3.8, 4) is 0 Å². The lowest BCUT2D eigenvalue weighted by Crippen LogP contribution is -2.35. The summed E-state index contributed by atoms with van der Waals surface area (Å²) in [6.07, 6.45) is 3.77. The maximum Gasteiger partial charge on any atom is 0.276 e. The van der Waals surface area contributed by atoms with E-state index >= 15 is 0 Å². The molecule has 9 heteroatoms. The number of nitrogens with one attached hydrogen (secondary N) is 1. The van der Waals surface area contributed by atoms with Crippen LogP contribution in [0.4, 0.5) is 5.82 Å². The van der Waals surface area contributed by atoms with E-state index in [0.29, 0.717) is 37.8 Å². The standard InChI is InChI=1S/C21H26N6O3/c1-12(28)26-8-6-16-15(11-26)20(22-2)24-19(23-16)14-5-7-27(10-14)21(29)17-9-18(30-25-17)13-3-4-13/h9,13-14H,3-8,10-11H2,1-2H3,(H,22,23,24)/t14-/m1/s1. The molecule has 2 aromatic rings. The summed E-state index contributed by atoms with van der Waals surface area (Å²) in [5, 5.41) is 7.15. The molecule has 1 saturated carbocycles. The van der Waals surface area contributed by atoms with E-state index in [0.717, 1.165) is 54.3 Å². The number of likely N-dealkylation sites (tertiary alicyclic amines) is 1. The molecule has 9 nitrogen and oxygen atoms in total. The molecular weight excluding hydrogens is 384 g/mol. The van der Waals surface area contributed by atoms with Crippen LogP contribution in [0.5, 0.6) is 0 Å². The molecule has 0 aromatic carbocycles. The molecule has 4 heterocycles. The molecule has 0 bridgehead atoms. The maximum absolute atomic E-state index is 12.8. The molecule has 0 unspecified atom stereocenters. The highest BCUT2D eigenvalue weighted by Crippen LogP contribution is 2.40. The van der Waals surface area contributed by atoms with Crippen LogP contribution in [0, 0.1) is 0 Å². The first kappa shape index (κ1) is 19.0. The second-order valence-electron chi connectivity index (χ2n) is 8.42. The molecule has 30 heavy (non-hydrogen) atoms. The zero-order valence-electron chi connectivity index (χ0n) is 17.3. The Kier molecular flexibility index (Phi) is 4.67. The average Bonchev–Trinajstić information content (AvgIpc) is 3.28. The zero-order valence-corrected chi connectivity index (χ0v) is 17.3. The van der Waals surface area contributed by atoms with Crippen LogP contribution in [0.25, 0.3) is 0 Å². The monoisotopic (exact) mass is 410 g/mol. The van der Waals surface area contributed by atoms with Crippen LogP contribution in [-0.2, 0) is 17.8 Å². The van der Waals surface area contributed by atoms with Crippen LogP contribution in [0.1, 0.15) is 71.4 Å². The molecule has 0 spiro atoms. The third-order valence-corrected chi connectivity index (χ3v) is 6.33. The number of carbonyl (C=O) groups excluding carboxylic acids is 2. The number of anilines is 1. The molecule has 5 rings (SSSR count). The van der Waals surface area contributed by atoms with Crippen LogP contribution < -0.4 is 5.32 Å². The van der Waals surface area contributed by atoms with Crippen molar-refractivity contribution in [2.45, 2.75) is 51.0 Å². The van der Waals surface area contributed by atoms with Crippen LogP contribution in [0.15, 0.2) is 10.6 Å². The topological polar surface area (TPSA) is 104 Å². The molecule has 2 aliphatic heterocycles. The van der Waals surface area contributed by atoms with E-state index in [-0.39, 0.29) is 17.7 Å². The third-order valence-electron chi connectivity index (χ3n) is 6.33. The fourth-order valence-electron chi connectivity index (χ4n) is 4.36. The number of hydrogen-bond donors (Lipinski definition) is 1. The van der Waals surface area contributed by atoms with Crippen molar-refractivity contribution in [3.63, 3.8) is 0 Å². The van der Waals surface area contributed by atoms with Gasteiger partial charge in [0.1, 0.15) is 17.4 Å². The van der Waals surface area contributed by atoms with E-state index in [2.05, 4.69) is 10.5 Å². The molecule has 0 radical (unpaired) electrons. The largest absolute Gasteiger partial charge is 0.373 e. The molecular formula is C21H26N6O3. The predicted octanol–water partition coefficient (Wildman–Crippen LogP) is 1.92. The molecule has 1 aliphatic carbocycles. The average molecular weight is 410 g/mol. The zero-order chi connectivity index (χ0) is 20.8. The molecule has 2 amide bonds. The van der Waals surface area contributed by atoms with Crippen molar-refractivity contribution in [3.05, 3.63) is 34.6 Å². The second kappa shape index (κ2) is 7.37. The van der Waals surface area contributed by atoms with Gasteiger partial charge in [0.15, 0.2) is 5.69 Å². The first-order chi connectivity index (χ1) is 14.5. The quantitative estimate of drug-likeness (QED) is 0.821. The lowest BCUT2D eigenvalue weighted by molar-refractivity contribution is -0.129. The van der Waals surface area contributed by atoms with Crippen molar-refractivity contribution < 1.29 is 14.1 Å². The number of carbonyl (C=O) groups is 2. The van der Waals surface area contributed by atoms with Crippen molar-refractivity contribution in [2.75, 3.05) is 32.0 Å². The van der Waals surface area contributed by atoms with Gasteiger partial charge >= 0.3 is 0 Å². The number of fused-ring (bicyclic) bond motifs is 1. The van der Waals surface area contributed by atoms with E-state index < -0.39 is 0 Å². The Bertz CT molecular complexity index is 981. The minimum absolute atomic E-state index is 0.0643. The van der Waals surface area contributed by atoms with Gasteiger partial charge in [-0.1, -0.05) is 5.16 Å². The van der Waals surface area contributed by atoms with Gasteiger partial charge in [-0.25, -0.2) is 9.97 Å². The Morgan fingerprint density at radius 1 is 1.13 bits per heavy atom. The SMILES string of the molecule is CNc1nc([C@@H]2CCN(C(=O)c3cc(C4CC4)on3)C2)nc2c1CN(C(C)=O)CC2. The molecule has 1 saturated heterocycles. The minimum atomic E-state index is -0.0861. The number of rotatable bonds is 4. The molecule has 1 N–H and O–H groups in total. The first-order valence-electron chi connectivity index (χ1n) is 10.6. The smallest absolute Gasteiger partial charge is 0.276 e. The fraction of sp³-hybridized carbons (Fsp3) is 0.571. The van der Waals surface area contributed by atoms with Crippen molar-refractivity contribution >= 4 is 17.6 Å². The van der Waals surface area contributed by atoms with Crippen LogP contribution >= 0.6 is 0 Å². The summed E-state index contributed by atoms with van der Waals surface area (Å²) in [6.45, 7) is 4.03. The van der Waals surface area contributed by atoms with Crippen LogP contribution in [-0.4, -0.2) is 63.4 Å². The Morgan fingerprint density at radius 2 is 1.97 bits per heavy atom. The summed E-state index contributed by atoms with van der Waals surface area (Å²) in [5.41, 5.74) is 2.38. The summed E-state index contributed by atoms with van der Waals surface area (Å²) >= 11 is 0. The number of amides is 2. The van der Waals surface area contributed by atoms with Gasteiger partial charge in [-0.05, 0) is 19.3 Å². The first-order valence-corrected chi connectivity index (χ1v) is 10.6.